The lowest BCUT2D eigenvalue weighted by Gasteiger charge is -2.29. The molecule has 0 spiro atoms. The number of benzene rings is 1. The van der Waals surface area contributed by atoms with E-state index in [0.717, 1.165) is 36.9 Å². The second kappa shape index (κ2) is 7.42. The van der Waals surface area contributed by atoms with Crippen molar-refractivity contribution >= 4 is 11.9 Å². The molecule has 1 saturated carbocycles. The minimum Gasteiger partial charge on any atom is -0.480 e. The number of tetrazole rings is 1. The third-order valence-electron chi connectivity index (χ3n) is 4.66. The molecule has 132 valence electrons. The third kappa shape index (κ3) is 4.01. The molecule has 1 aliphatic carbocycles. The van der Waals surface area contributed by atoms with E-state index < -0.39 is 11.5 Å². The van der Waals surface area contributed by atoms with Crippen LogP contribution in [0.25, 0.3) is 5.69 Å². The summed E-state index contributed by atoms with van der Waals surface area (Å²) in [5, 5.41) is 23.4. The van der Waals surface area contributed by atoms with Crippen molar-refractivity contribution in [3.05, 3.63) is 36.2 Å². The minimum absolute atomic E-state index is 0.144. The van der Waals surface area contributed by atoms with Crippen LogP contribution in [0.5, 0.6) is 0 Å². The quantitative estimate of drug-likeness (QED) is 0.796. The zero-order chi connectivity index (χ0) is 17.7. The highest BCUT2D eigenvalue weighted by molar-refractivity contribution is 5.88. The SMILES string of the molecule is O=C(Cc1ccc(-n2cnnn2)cc1)NC1(C(=O)O)CCCCCC1. The monoisotopic (exact) mass is 343 g/mol. The normalized spacial score (nSPS) is 16.8. The first-order valence-corrected chi connectivity index (χ1v) is 8.46. The van der Waals surface area contributed by atoms with Gasteiger partial charge in [-0.2, -0.15) is 0 Å². The van der Waals surface area contributed by atoms with Gasteiger partial charge in [0, 0.05) is 0 Å². The molecule has 0 saturated heterocycles. The fourth-order valence-corrected chi connectivity index (χ4v) is 3.27. The van der Waals surface area contributed by atoms with Crippen molar-refractivity contribution in [3.8, 4) is 5.69 Å². The lowest BCUT2D eigenvalue weighted by Crippen LogP contribution is -2.54. The lowest BCUT2D eigenvalue weighted by molar-refractivity contribution is -0.148. The van der Waals surface area contributed by atoms with Gasteiger partial charge in [0.15, 0.2) is 0 Å². The minimum atomic E-state index is -1.13. The van der Waals surface area contributed by atoms with Gasteiger partial charge < -0.3 is 10.4 Å². The molecular formula is C17H21N5O3. The zero-order valence-electron chi connectivity index (χ0n) is 13.9. The molecule has 1 heterocycles. The summed E-state index contributed by atoms with van der Waals surface area (Å²) in [5.74, 6) is -1.20. The van der Waals surface area contributed by atoms with Crippen LogP contribution in [0.3, 0.4) is 0 Å². The Morgan fingerprint density at radius 2 is 1.80 bits per heavy atom. The van der Waals surface area contributed by atoms with Crippen LogP contribution >= 0.6 is 0 Å². The Hall–Kier alpha value is -2.77. The Kier molecular flexibility index (Phi) is 5.06. The molecule has 0 unspecified atom stereocenters. The zero-order valence-corrected chi connectivity index (χ0v) is 13.9. The van der Waals surface area contributed by atoms with E-state index in [9.17, 15) is 14.7 Å². The van der Waals surface area contributed by atoms with Gasteiger partial charge in [-0.3, -0.25) is 4.79 Å². The Bertz CT molecular complexity index is 719. The maximum Gasteiger partial charge on any atom is 0.329 e. The molecule has 8 heteroatoms. The summed E-state index contributed by atoms with van der Waals surface area (Å²) in [5.41, 5.74) is 0.475. The average Bonchev–Trinajstić information content (AvgIpc) is 3.02. The molecule has 0 atom stereocenters. The summed E-state index contributed by atoms with van der Waals surface area (Å²) in [6.07, 6.45) is 6.31. The van der Waals surface area contributed by atoms with E-state index in [1.807, 2.05) is 24.3 Å². The van der Waals surface area contributed by atoms with Crippen LogP contribution in [0.2, 0.25) is 0 Å². The summed E-state index contributed by atoms with van der Waals surface area (Å²) in [6.45, 7) is 0. The van der Waals surface area contributed by atoms with Gasteiger partial charge in [-0.25, -0.2) is 9.48 Å². The maximum absolute atomic E-state index is 12.4. The van der Waals surface area contributed by atoms with Gasteiger partial charge in [-0.1, -0.05) is 37.8 Å². The van der Waals surface area contributed by atoms with Gasteiger partial charge in [0.25, 0.3) is 0 Å². The summed E-state index contributed by atoms with van der Waals surface area (Å²) < 4.78 is 1.52. The largest absolute Gasteiger partial charge is 0.480 e. The van der Waals surface area contributed by atoms with Crippen molar-refractivity contribution in [1.29, 1.82) is 0 Å². The Morgan fingerprint density at radius 1 is 1.12 bits per heavy atom. The number of carboxylic acids is 1. The first-order valence-electron chi connectivity index (χ1n) is 8.46. The fraction of sp³-hybridized carbons (Fsp3) is 0.471. The Morgan fingerprint density at radius 3 is 2.36 bits per heavy atom. The van der Waals surface area contributed by atoms with E-state index >= 15 is 0 Å². The van der Waals surface area contributed by atoms with Gasteiger partial charge >= 0.3 is 5.97 Å². The number of hydrogen-bond acceptors (Lipinski definition) is 5. The van der Waals surface area contributed by atoms with E-state index in [2.05, 4.69) is 20.8 Å². The number of rotatable bonds is 5. The summed E-state index contributed by atoms with van der Waals surface area (Å²) in [6, 6.07) is 7.27. The average molecular weight is 343 g/mol. The number of nitrogens with zero attached hydrogens (tertiary/aromatic N) is 4. The van der Waals surface area contributed by atoms with Crippen LogP contribution in [0.1, 0.15) is 44.1 Å². The van der Waals surface area contributed by atoms with Crippen LogP contribution in [-0.2, 0) is 16.0 Å². The molecule has 1 aromatic heterocycles. The van der Waals surface area contributed by atoms with Crippen molar-refractivity contribution in [2.75, 3.05) is 0 Å². The molecule has 1 aliphatic rings. The predicted octanol–water partition coefficient (Wildman–Crippen LogP) is 1.50. The summed E-state index contributed by atoms with van der Waals surface area (Å²) in [7, 11) is 0. The van der Waals surface area contributed by atoms with Crippen LogP contribution in [0, 0.1) is 0 Å². The molecule has 2 aromatic rings. The highest BCUT2D eigenvalue weighted by Gasteiger charge is 2.39. The first-order chi connectivity index (χ1) is 12.1. The van der Waals surface area contributed by atoms with Crippen LogP contribution in [-0.4, -0.2) is 42.7 Å². The number of carbonyl (C=O) groups is 2. The van der Waals surface area contributed by atoms with E-state index in [1.54, 1.807) is 0 Å². The van der Waals surface area contributed by atoms with Crippen molar-refractivity contribution < 1.29 is 14.7 Å². The number of hydrogen-bond donors (Lipinski definition) is 2. The molecular weight excluding hydrogens is 322 g/mol. The van der Waals surface area contributed by atoms with Gasteiger partial charge in [-0.05, 0) is 41.0 Å². The lowest BCUT2D eigenvalue weighted by atomic mass is 9.90. The number of aromatic nitrogens is 4. The van der Waals surface area contributed by atoms with Crippen LogP contribution in [0.15, 0.2) is 30.6 Å². The molecule has 8 nitrogen and oxygen atoms in total. The van der Waals surface area contributed by atoms with Crippen LogP contribution < -0.4 is 5.32 Å². The number of carbonyl (C=O) groups excluding carboxylic acids is 1. The topological polar surface area (TPSA) is 110 Å². The molecule has 25 heavy (non-hydrogen) atoms. The van der Waals surface area contributed by atoms with Gasteiger partial charge in [0.2, 0.25) is 5.91 Å². The van der Waals surface area contributed by atoms with Gasteiger partial charge in [0.1, 0.15) is 11.9 Å². The molecule has 3 rings (SSSR count). The molecule has 1 aromatic carbocycles. The maximum atomic E-state index is 12.4. The number of aliphatic carboxylic acids is 1. The van der Waals surface area contributed by atoms with Crippen molar-refractivity contribution in [1.82, 2.24) is 25.5 Å². The fourth-order valence-electron chi connectivity index (χ4n) is 3.27. The molecule has 0 aliphatic heterocycles. The molecule has 1 fully saturated rings. The highest BCUT2D eigenvalue weighted by atomic mass is 16.4. The molecule has 2 N–H and O–H groups in total. The van der Waals surface area contributed by atoms with E-state index in [4.69, 9.17) is 0 Å². The first kappa shape index (κ1) is 17.1. The second-order valence-electron chi connectivity index (χ2n) is 6.45. The van der Waals surface area contributed by atoms with E-state index in [1.165, 1.54) is 11.0 Å². The third-order valence-corrected chi connectivity index (χ3v) is 4.66. The predicted molar refractivity (Wildman–Crippen MR) is 89.1 cm³/mol. The number of carboxylic acid groups (broad SMARTS) is 1. The van der Waals surface area contributed by atoms with Crippen LogP contribution in [0.4, 0.5) is 0 Å². The molecule has 0 bridgehead atoms. The van der Waals surface area contributed by atoms with E-state index in [0.29, 0.717) is 12.8 Å². The standard InChI is InChI=1S/C17H21N5O3/c23-15(19-17(16(24)25)9-3-1-2-4-10-17)11-13-5-7-14(8-6-13)22-12-18-20-21-22/h5-8,12H,1-4,9-11H2,(H,19,23)(H,24,25). The number of nitrogens with one attached hydrogen (secondary N) is 1. The van der Waals surface area contributed by atoms with Gasteiger partial charge in [-0.15, -0.1) is 5.10 Å². The van der Waals surface area contributed by atoms with Crippen molar-refractivity contribution in [2.24, 2.45) is 0 Å². The van der Waals surface area contributed by atoms with E-state index in [-0.39, 0.29) is 12.3 Å². The number of amides is 1. The summed E-state index contributed by atoms with van der Waals surface area (Å²) >= 11 is 0. The van der Waals surface area contributed by atoms with Crippen molar-refractivity contribution in [3.63, 3.8) is 0 Å². The second-order valence-corrected chi connectivity index (χ2v) is 6.45. The Labute approximate surface area is 145 Å². The molecule has 1 amide bonds. The summed E-state index contributed by atoms with van der Waals surface area (Å²) in [4.78, 5) is 24.2. The van der Waals surface area contributed by atoms with Crippen molar-refractivity contribution in [2.45, 2.75) is 50.5 Å². The highest BCUT2D eigenvalue weighted by Crippen LogP contribution is 2.27. The Balaban J connectivity index is 1.65. The molecule has 0 radical (unpaired) electrons. The smallest absolute Gasteiger partial charge is 0.329 e. The van der Waals surface area contributed by atoms with Gasteiger partial charge in [0.05, 0.1) is 12.1 Å².